The summed E-state index contributed by atoms with van der Waals surface area (Å²) in [5.41, 5.74) is 9.18. The molecule has 140 valence electrons. The first-order valence-corrected chi connectivity index (χ1v) is 8.48. The van der Waals surface area contributed by atoms with Crippen LogP contribution in [-0.2, 0) is 4.79 Å². The first-order chi connectivity index (χ1) is 13.4. The van der Waals surface area contributed by atoms with Gasteiger partial charge < -0.3 is 15.9 Å². The van der Waals surface area contributed by atoms with E-state index in [1.54, 1.807) is 42.5 Å². The van der Waals surface area contributed by atoms with E-state index in [9.17, 15) is 15.0 Å². The van der Waals surface area contributed by atoms with Gasteiger partial charge in [0.1, 0.15) is 11.5 Å². The van der Waals surface area contributed by atoms with Crippen LogP contribution in [0.4, 0.5) is 0 Å². The van der Waals surface area contributed by atoms with Crippen molar-refractivity contribution in [3.63, 3.8) is 0 Å². The number of guanidine groups is 1. The van der Waals surface area contributed by atoms with Crippen molar-refractivity contribution in [3.8, 4) is 33.8 Å². The van der Waals surface area contributed by atoms with E-state index in [1.165, 1.54) is 6.08 Å². The third-order valence-electron chi connectivity index (χ3n) is 4.06. The monoisotopic (exact) mass is 373 g/mol. The van der Waals surface area contributed by atoms with E-state index in [-0.39, 0.29) is 11.5 Å². The largest absolute Gasteiger partial charge is 0.508 e. The lowest BCUT2D eigenvalue weighted by Gasteiger charge is -2.11. The highest BCUT2D eigenvalue weighted by Gasteiger charge is 2.08. The predicted molar refractivity (Wildman–Crippen MR) is 110 cm³/mol. The van der Waals surface area contributed by atoms with Crippen LogP contribution in [0.15, 0.2) is 72.8 Å². The Morgan fingerprint density at radius 3 is 2.14 bits per heavy atom. The van der Waals surface area contributed by atoms with Crippen molar-refractivity contribution < 1.29 is 15.0 Å². The fraction of sp³-hybridized carbons (Fsp3) is 0. The summed E-state index contributed by atoms with van der Waals surface area (Å²) in [4.78, 5) is 11.8. The van der Waals surface area contributed by atoms with Gasteiger partial charge in [-0.3, -0.25) is 15.5 Å². The summed E-state index contributed by atoms with van der Waals surface area (Å²) in [7, 11) is 0. The highest BCUT2D eigenvalue weighted by molar-refractivity contribution is 6.03. The van der Waals surface area contributed by atoms with Crippen LogP contribution in [-0.4, -0.2) is 22.1 Å². The quantitative estimate of drug-likeness (QED) is 0.273. The number of phenols is 2. The second-order valence-electron chi connectivity index (χ2n) is 6.14. The Hall–Kier alpha value is -4.06. The maximum atomic E-state index is 11.8. The van der Waals surface area contributed by atoms with Crippen LogP contribution in [0, 0.1) is 5.41 Å². The molecule has 0 fully saturated rings. The minimum absolute atomic E-state index is 0.138. The lowest BCUT2D eigenvalue weighted by Crippen LogP contribution is -2.34. The van der Waals surface area contributed by atoms with Crippen molar-refractivity contribution in [3.05, 3.63) is 78.4 Å². The van der Waals surface area contributed by atoms with E-state index in [0.717, 1.165) is 27.8 Å². The molecule has 6 nitrogen and oxygen atoms in total. The topological polar surface area (TPSA) is 119 Å². The van der Waals surface area contributed by atoms with E-state index < -0.39 is 11.9 Å². The molecular formula is C22H19N3O3. The van der Waals surface area contributed by atoms with Gasteiger partial charge in [0.15, 0.2) is 5.96 Å². The van der Waals surface area contributed by atoms with Crippen LogP contribution < -0.4 is 11.1 Å². The highest BCUT2D eigenvalue weighted by Crippen LogP contribution is 2.32. The van der Waals surface area contributed by atoms with E-state index in [2.05, 4.69) is 5.32 Å². The molecule has 0 radical (unpaired) electrons. The molecular weight excluding hydrogens is 354 g/mol. The van der Waals surface area contributed by atoms with Crippen LogP contribution in [0.3, 0.4) is 0 Å². The van der Waals surface area contributed by atoms with Gasteiger partial charge in [-0.25, -0.2) is 0 Å². The van der Waals surface area contributed by atoms with E-state index in [0.29, 0.717) is 0 Å². The molecule has 0 heterocycles. The van der Waals surface area contributed by atoms with Crippen LogP contribution >= 0.6 is 0 Å². The molecule has 3 rings (SSSR count). The first-order valence-electron chi connectivity index (χ1n) is 8.48. The Balaban J connectivity index is 2.07. The Morgan fingerprint density at radius 1 is 0.893 bits per heavy atom. The highest BCUT2D eigenvalue weighted by atomic mass is 16.3. The summed E-state index contributed by atoms with van der Waals surface area (Å²) in [6.45, 7) is 0. The molecule has 3 aromatic rings. The zero-order valence-electron chi connectivity index (χ0n) is 14.9. The average molecular weight is 373 g/mol. The fourth-order valence-electron chi connectivity index (χ4n) is 2.84. The molecule has 0 bridgehead atoms. The van der Waals surface area contributed by atoms with Gasteiger partial charge >= 0.3 is 0 Å². The number of carbonyl (C=O) groups is 1. The lowest BCUT2D eigenvalue weighted by molar-refractivity contribution is -0.115. The molecule has 0 saturated carbocycles. The normalized spacial score (nSPS) is 10.7. The Morgan fingerprint density at radius 2 is 1.50 bits per heavy atom. The summed E-state index contributed by atoms with van der Waals surface area (Å²) in [6, 6.07) is 19.4. The molecule has 0 atom stereocenters. The second kappa shape index (κ2) is 8.09. The summed E-state index contributed by atoms with van der Waals surface area (Å²) in [6.07, 6.45) is 2.90. The fourth-order valence-corrected chi connectivity index (χ4v) is 2.84. The van der Waals surface area contributed by atoms with Gasteiger partial charge in [-0.05, 0) is 64.2 Å². The number of nitrogens with two attached hydrogens (primary N) is 1. The van der Waals surface area contributed by atoms with Crippen molar-refractivity contribution in [1.29, 1.82) is 5.41 Å². The van der Waals surface area contributed by atoms with E-state index in [1.807, 2.05) is 30.3 Å². The number of amides is 1. The van der Waals surface area contributed by atoms with Crippen LogP contribution in [0.25, 0.3) is 28.3 Å². The van der Waals surface area contributed by atoms with E-state index in [4.69, 9.17) is 11.1 Å². The van der Waals surface area contributed by atoms with Crippen LogP contribution in [0.1, 0.15) is 5.56 Å². The summed E-state index contributed by atoms with van der Waals surface area (Å²) >= 11 is 0. The van der Waals surface area contributed by atoms with Crippen molar-refractivity contribution in [1.82, 2.24) is 5.32 Å². The molecule has 3 aromatic carbocycles. The maximum absolute atomic E-state index is 11.8. The number of aromatic hydroxyl groups is 2. The lowest BCUT2D eigenvalue weighted by atomic mass is 9.94. The standard InChI is InChI=1S/C22H19N3O3/c23-22(24)25-21(28)10-8-17-11-15(14-3-1-5-18(26)12-14)7-9-20(17)16-4-2-6-19(27)13-16/h1-13,26-27H,(H4,23,24,25,28)/b10-8+. The first kappa shape index (κ1) is 18.7. The van der Waals surface area contributed by atoms with Gasteiger partial charge in [0.25, 0.3) is 5.91 Å². The van der Waals surface area contributed by atoms with Gasteiger partial charge in [0.05, 0.1) is 0 Å². The van der Waals surface area contributed by atoms with Crippen molar-refractivity contribution in [2.75, 3.05) is 0 Å². The van der Waals surface area contributed by atoms with Gasteiger partial charge in [-0.2, -0.15) is 0 Å². The number of hydrogen-bond donors (Lipinski definition) is 5. The van der Waals surface area contributed by atoms with Crippen molar-refractivity contribution >= 4 is 17.9 Å². The van der Waals surface area contributed by atoms with Gasteiger partial charge in [0, 0.05) is 6.08 Å². The number of carbonyl (C=O) groups excluding carboxylic acids is 1. The van der Waals surface area contributed by atoms with Crippen LogP contribution in [0.2, 0.25) is 0 Å². The third kappa shape index (κ3) is 4.56. The number of benzene rings is 3. The molecule has 0 aliphatic heterocycles. The van der Waals surface area contributed by atoms with Crippen LogP contribution in [0.5, 0.6) is 11.5 Å². The Labute approximate surface area is 162 Å². The van der Waals surface area contributed by atoms with Crippen molar-refractivity contribution in [2.24, 2.45) is 5.73 Å². The number of phenolic OH excluding ortho intramolecular Hbond substituents is 2. The van der Waals surface area contributed by atoms with Gasteiger partial charge in [-0.15, -0.1) is 0 Å². The molecule has 6 N–H and O–H groups in total. The Kier molecular flexibility index (Phi) is 5.41. The van der Waals surface area contributed by atoms with Gasteiger partial charge in [-0.1, -0.05) is 36.4 Å². The zero-order valence-corrected chi connectivity index (χ0v) is 14.9. The minimum Gasteiger partial charge on any atom is -0.508 e. The molecule has 6 heteroatoms. The maximum Gasteiger partial charge on any atom is 0.250 e. The molecule has 0 aliphatic carbocycles. The smallest absolute Gasteiger partial charge is 0.250 e. The molecule has 1 amide bonds. The third-order valence-corrected chi connectivity index (χ3v) is 4.06. The van der Waals surface area contributed by atoms with Gasteiger partial charge in [0.2, 0.25) is 0 Å². The molecule has 0 aliphatic rings. The number of rotatable bonds is 4. The summed E-state index contributed by atoms with van der Waals surface area (Å²) in [5.74, 6) is -0.653. The molecule has 0 spiro atoms. The zero-order chi connectivity index (χ0) is 20.1. The second-order valence-corrected chi connectivity index (χ2v) is 6.14. The number of nitrogens with one attached hydrogen (secondary N) is 2. The van der Waals surface area contributed by atoms with E-state index >= 15 is 0 Å². The summed E-state index contributed by atoms with van der Waals surface area (Å²) < 4.78 is 0. The van der Waals surface area contributed by atoms with Crippen molar-refractivity contribution in [2.45, 2.75) is 0 Å². The number of hydrogen-bond acceptors (Lipinski definition) is 4. The average Bonchev–Trinajstić information content (AvgIpc) is 2.65. The molecule has 0 unspecified atom stereocenters. The molecule has 0 aromatic heterocycles. The summed E-state index contributed by atoms with van der Waals surface area (Å²) in [5, 5.41) is 28.9. The Bertz CT molecular complexity index is 1070. The predicted octanol–water partition coefficient (Wildman–Crippen LogP) is 3.45. The molecule has 0 saturated heterocycles. The SMILES string of the molecule is N=C(N)NC(=O)/C=C/c1cc(-c2cccc(O)c2)ccc1-c1cccc(O)c1. The minimum atomic E-state index is -0.517. The molecule has 28 heavy (non-hydrogen) atoms.